The van der Waals surface area contributed by atoms with Crippen LogP contribution in [0.4, 0.5) is 0 Å². The first-order valence-corrected chi connectivity index (χ1v) is 5.27. The van der Waals surface area contributed by atoms with Gasteiger partial charge in [0.05, 0.1) is 6.61 Å². The van der Waals surface area contributed by atoms with Crippen molar-refractivity contribution in [2.45, 2.75) is 19.9 Å². The summed E-state index contributed by atoms with van der Waals surface area (Å²) in [6, 6.07) is 5.69. The minimum Gasteiger partial charge on any atom is -0.508 e. The number of rotatable bonds is 5. The highest BCUT2D eigenvalue weighted by molar-refractivity contribution is 5.36. The molecule has 1 aromatic carbocycles. The number of hydrogen-bond acceptors (Lipinski definition) is 3. The van der Waals surface area contributed by atoms with Gasteiger partial charge >= 0.3 is 0 Å². The molecule has 84 valence electrons. The number of aromatic hydroxyl groups is 1. The van der Waals surface area contributed by atoms with E-state index in [1.54, 1.807) is 6.07 Å². The van der Waals surface area contributed by atoms with Crippen molar-refractivity contribution >= 4 is 0 Å². The van der Waals surface area contributed by atoms with Crippen LogP contribution in [0, 0.1) is 0 Å². The molecule has 0 heterocycles. The van der Waals surface area contributed by atoms with E-state index in [4.69, 9.17) is 5.11 Å². The Morgan fingerprint density at radius 3 is 2.67 bits per heavy atom. The third-order valence-electron chi connectivity index (χ3n) is 2.47. The summed E-state index contributed by atoms with van der Waals surface area (Å²) in [7, 11) is 1.92. The normalized spacial score (nSPS) is 10.9. The summed E-state index contributed by atoms with van der Waals surface area (Å²) < 4.78 is 0. The van der Waals surface area contributed by atoms with Crippen LogP contribution >= 0.6 is 0 Å². The fourth-order valence-corrected chi connectivity index (χ4v) is 1.53. The van der Waals surface area contributed by atoms with Crippen LogP contribution < -0.4 is 0 Å². The molecule has 0 unspecified atom stereocenters. The van der Waals surface area contributed by atoms with Crippen molar-refractivity contribution < 1.29 is 10.2 Å². The van der Waals surface area contributed by atoms with Gasteiger partial charge in [0.15, 0.2) is 0 Å². The van der Waals surface area contributed by atoms with Gasteiger partial charge in [-0.1, -0.05) is 19.1 Å². The molecule has 1 aromatic rings. The van der Waals surface area contributed by atoms with Crippen molar-refractivity contribution in [3.05, 3.63) is 29.3 Å². The average molecular weight is 209 g/mol. The van der Waals surface area contributed by atoms with Crippen molar-refractivity contribution in [2.75, 3.05) is 20.2 Å². The van der Waals surface area contributed by atoms with E-state index in [1.165, 1.54) is 5.56 Å². The zero-order chi connectivity index (χ0) is 11.3. The lowest BCUT2D eigenvalue weighted by atomic mass is 10.1. The van der Waals surface area contributed by atoms with Crippen LogP contribution in [0.25, 0.3) is 0 Å². The molecule has 0 fully saturated rings. The summed E-state index contributed by atoms with van der Waals surface area (Å²) in [5, 5.41) is 18.4. The molecule has 0 saturated heterocycles. The predicted molar refractivity (Wildman–Crippen MR) is 60.9 cm³/mol. The largest absolute Gasteiger partial charge is 0.508 e. The summed E-state index contributed by atoms with van der Waals surface area (Å²) in [5.41, 5.74) is 2.14. The summed E-state index contributed by atoms with van der Waals surface area (Å²) in [5.74, 6) is 0.331. The van der Waals surface area contributed by atoms with Gasteiger partial charge in [-0.05, 0) is 25.1 Å². The molecule has 0 saturated carbocycles. The number of aliphatic hydroxyl groups is 1. The minimum atomic E-state index is 0.144. The quantitative estimate of drug-likeness (QED) is 0.770. The Morgan fingerprint density at radius 1 is 1.33 bits per heavy atom. The van der Waals surface area contributed by atoms with E-state index in [-0.39, 0.29) is 6.61 Å². The number of hydrogen-bond donors (Lipinski definition) is 2. The van der Waals surface area contributed by atoms with Gasteiger partial charge in [0.25, 0.3) is 0 Å². The summed E-state index contributed by atoms with van der Waals surface area (Å²) in [6.45, 7) is 3.52. The summed E-state index contributed by atoms with van der Waals surface area (Å²) >= 11 is 0. The van der Waals surface area contributed by atoms with E-state index in [2.05, 4.69) is 6.92 Å². The van der Waals surface area contributed by atoms with E-state index in [1.807, 2.05) is 24.1 Å². The molecule has 3 heteroatoms. The number of phenols is 1. The molecule has 0 spiro atoms. The Labute approximate surface area is 91.0 Å². The number of aliphatic hydroxyl groups excluding tert-OH is 1. The number of aryl methyl sites for hydroxylation is 1. The van der Waals surface area contributed by atoms with Gasteiger partial charge in [0.2, 0.25) is 0 Å². The topological polar surface area (TPSA) is 43.7 Å². The molecule has 0 atom stereocenters. The highest BCUT2D eigenvalue weighted by Gasteiger charge is 2.05. The van der Waals surface area contributed by atoms with Crippen molar-refractivity contribution in [3.63, 3.8) is 0 Å². The van der Waals surface area contributed by atoms with E-state index in [9.17, 15) is 5.11 Å². The lowest BCUT2D eigenvalue weighted by Gasteiger charge is -2.16. The maximum Gasteiger partial charge on any atom is 0.120 e. The third-order valence-corrected chi connectivity index (χ3v) is 2.47. The number of likely N-dealkylation sites (N-methyl/N-ethyl adjacent to an activating group) is 1. The van der Waals surface area contributed by atoms with Gasteiger partial charge in [-0.3, -0.25) is 4.90 Å². The number of nitrogens with zero attached hydrogens (tertiary/aromatic N) is 1. The zero-order valence-electron chi connectivity index (χ0n) is 9.40. The van der Waals surface area contributed by atoms with E-state index >= 15 is 0 Å². The lowest BCUT2D eigenvalue weighted by molar-refractivity contribution is 0.216. The van der Waals surface area contributed by atoms with Gasteiger partial charge in [-0.25, -0.2) is 0 Å². The Bertz CT molecular complexity index is 312. The van der Waals surface area contributed by atoms with Crippen LogP contribution in [0.3, 0.4) is 0 Å². The smallest absolute Gasteiger partial charge is 0.120 e. The summed E-state index contributed by atoms with van der Waals surface area (Å²) in [6.07, 6.45) is 0.969. The molecule has 2 N–H and O–H groups in total. The van der Waals surface area contributed by atoms with Crippen molar-refractivity contribution in [3.8, 4) is 5.75 Å². The molecule has 0 radical (unpaired) electrons. The first kappa shape index (κ1) is 12.0. The standard InChI is InChI=1S/C12H19NO2/c1-3-10-4-5-12(15)11(8-10)9-13(2)6-7-14/h4-5,8,14-15H,3,6-7,9H2,1-2H3. The van der Waals surface area contributed by atoms with Crippen molar-refractivity contribution in [1.82, 2.24) is 4.90 Å². The molecule has 1 rings (SSSR count). The van der Waals surface area contributed by atoms with E-state index in [0.717, 1.165) is 12.0 Å². The SMILES string of the molecule is CCc1ccc(O)c(CN(C)CCO)c1. The molecule has 0 aliphatic heterocycles. The van der Waals surface area contributed by atoms with Crippen LogP contribution in [0.5, 0.6) is 5.75 Å². The van der Waals surface area contributed by atoms with Crippen LogP contribution in [0.1, 0.15) is 18.1 Å². The van der Waals surface area contributed by atoms with Crippen molar-refractivity contribution in [1.29, 1.82) is 0 Å². The Morgan fingerprint density at radius 2 is 2.07 bits per heavy atom. The summed E-state index contributed by atoms with van der Waals surface area (Å²) in [4.78, 5) is 1.98. The van der Waals surface area contributed by atoms with Gasteiger partial charge in [-0.15, -0.1) is 0 Å². The van der Waals surface area contributed by atoms with Crippen LogP contribution in [0.15, 0.2) is 18.2 Å². The highest BCUT2D eigenvalue weighted by Crippen LogP contribution is 2.20. The monoisotopic (exact) mass is 209 g/mol. The lowest BCUT2D eigenvalue weighted by Crippen LogP contribution is -2.21. The number of phenolic OH excluding ortho intramolecular Hbond substituents is 1. The third kappa shape index (κ3) is 3.53. The second kappa shape index (κ2) is 5.73. The van der Waals surface area contributed by atoms with E-state index < -0.39 is 0 Å². The average Bonchev–Trinajstić information content (AvgIpc) is 2.21. The molecular weight excluding hydrogens is 190 g/mol. The Hall–Kier alpha value is -1.06. The van der Waals surface area contributed by atoms with Gasteiger partial charge in [0.1, 0.15) is 5.75 Å². The highest BCUT2D eigenvalue weighted by atomic mass is 16.3. The van der Waals surface area contributed by atoms with Crippen LogP contribution in [-0.2, 0) is 13.0 Å². The molecule has 0 aromatic heterocycles. The molecule has 0 amide bonds. The van der Waals surface area contributed by atoms with Crippen LogP contribution in [0.2, 0.25) is 0 Å². The first-order valence-electron chi connectivity index (χ1n) is 5.27. The molecule has 15 heavy (non-hydrogen) atoms. The maximum atomic E-state index is 9.66. The Balaban J connectivity index is 2.74. The minimum absolute atomic E-state index is 0.144. The van der Waals surface area contributed by atoms with Crippen molar-refractivity contribution in [2.24, 2.45) is 0 Å². The number of benzene rings is 1. The zero-order valence-corrected chi connectivity index (χ0v) is 9.40. The first-order chi connectivity index (χ1) is 7.17. The maximum absolute atomic E-state index is 9.66. The molecular formula is C12H19NO2. The second-order valence-corrected chi connectivity index (χ2v) is 3.78. The van der Waals surface area contributed by atoms with E-state index in [0.29, 0.717) is 18.8 Å². The molecule has 0 aliphatic rings. The fourth-order valence-electron chi connectivity index (χ4n) is 1.53. The van der Waals surface area contributed by atoms with Gasteiger partial charge in [-0.2, -0.15) is 0 Å². The second-order valence-electron chi connectivity index (χ2n) is 3.78. The van der Waals surface area contributed by atoms with Gasteiger partial charge in [0, 0.05) is 18.7 Å². The molecule has 3 nitrogen and oxygen atoms in total. The fraction of sp³-hybridized carbons (Fsp3) is 0.500. The predicted octanol–water partition coefficient (Wildman–Crippen LogP) is 1.38. The van der Waals surface area contributed by atoms with Crippen LogP contribution in [-0.4, -0.2) is 35.3 Å². The Kier molecular flexibility index (Phi) is 4.59. The molecule has 0 bridgehead atoms. The molecule has 0 aliphatic carbocycles. The van der Waals surface area contributed by atoms with Gasteiger partial charge < -0.3 is 10.2 Å².